The molecule has 0 unspecified atom stereocenters. The van der Waals surface area contributed by atoms with Gasteiger partial charge in [0.1, 0.15) is 5.58 Å². The van der Waals surface area contributed by atoms with E-state index >= 15 is 0 Å². The third-order valence-electron chi connectivity index (χ3n) is 6.47. The summed E-state index contributed by atoms with van der Waals surface area (Å²) in [5, 5.41) is 11.7. The standard InChI is InChI=1S/C27H30N2O6/c1-5-28(6-2)13-14-29-24(18-11-12-20(33-3)21(16-18)34-4)23(26(31)27(29)32)25(30)22-15-17-9-7-8-10-19(17)35-22/h7-12,15-16,24,31H,5-6,13-14H2,1-4H3/t24-/m0/s1. The third-order valence-corrected chi connectivity index (χ3v) is 6.47. The number of benzene rings is 2. The predicted molar refractivity (Wildman–Crippen MR) is 132 cm³/mol. The van der Waals surface area contributed by atoms with E-state index in [9.17, 15) is 14.7 Å². The minimum absolute atomic E-state index is 0.0131. The number of methoxy groups -OCH3 is 2. The van der Waals surface area contributed by atoms with Gasteiger partial charge in [-0.25, -0.2) is 0 Å². The van der Waals surface area contributed by atoms with Crippen molar-refractivity contribution in [1.82, 2.24) is 9.80 Å². The molecule has 0 radical (unpaired) electrons. The summed E-state index contributed by atoms with van der Waals surface area (Å²) in [4.78, 5) is 30.6. The summed E-state index contributed by atoms with van der Waals surface area (Å²) < 4.78 is 16.6. The number of ether oxygens (including phenoxy) is 2. The summed E-state index contributed by atoms with van der Waals surface area (Å²) in [6.45, 7) is 6.68. The Morgan fingerprint density at radius 3 is 2.43 bits per heavy atom. The van der Waals surface area contributed by atoms with E-state index in [4.69, 9.17) is 13.9 Å². The number of carbonyl (C=O) groups is 2. The lowest BCUT2D eigenvalue weighted by Crippen LogP contribution is -2.38. The summed E-state index contributed by atoms with van der Waals surface area (Å²) in [7, 11) is 3.06. The molecule has 0 bridgehead atoms. The summed E-state index contributed by atoms with van der Waals surface area (Å²) in [5.74, 6) is -0.628. The van der Waals surface area contributed by atoms with Crippen molar-refractivity contribution in [2.45, 2.75) is 19.9 Å². The molecule has 0 saturated carbocycles. The predicted octanol–water partition coefficient (Wildman–Crippen LogP) is 4.37. The van der Waals surface area contributed by atoms with Crippen LogP contribution >= 0.6 is 0 Å². The van der Waals surface area contributed by atoms with Crippen molar-refractivity contribution in [3.63, 3.8) is 0 Å². The van der Waals surface area contributed by atoms with E-state index in [1.54, 1.807) is 30.3 Å². The second-order valence-corrected chi connectivity index (χ2v) is 8.28. The molecule has 1 N–H and O–H groups in total. The van der Waals surface area contributed by atoms with Gasteiger partial charge in [-0.15, -0.1) is 0 Å². The highest BCUT2D eigenvalue weighted by Gasteiger charge is 2.44. The van der Waals surface area contributed by atoms with Gasteiger partial charge in [0.15, 0.2) is 23.0 Å². The first-order chi connectivity index (χ1) is 16.9. The molecule has 3 aromatic rings. The molecule has 1 aliphatic rings. The average molecular weight is 479 g/mol. The number of nitrogens with zero attached hydrogens (tertiary/aromatic N) is 2. The number of fused-ring (bicyclic) bond motifs is 1. The molecule has 0 aliphatic carbocycles. The van der Waals surface area contributed by atoms with Crippen LogP contribution in [0.25, 0.3) is 11.0 Å². The Hall–Kier alpha value is -3.78. The third kappa shape index (κ3) is 4.49. The molecule has 4 rings (SSSR count). The fourth-order valence-electron chi connectivity index (χ4n) is 4.50. The zero-order valence-corrected chi connectivity index (χ0v) is 20.4. The number of aliphatic hydroxyl groups is 1. The average Bonchev–Trinajstić information content (AvgIpc) is 3.43. The van der Waals surface area contributed by atoms with Crippen molar-refractivity contribution in [2.75, 3.05) is 40.4 Å². The number of carbonyl (C=O) groups excluding carboxylic acids is 2. The summed E-state index contributed by atoms with van der Waals surface area (Å²) in [6.07, 6.45) is 0. The SMILES string of the molecule is CCN(CC)CCN1C(=O)C(O)=C(C(=O)c2cc3ccccc3o2)[C@@H]1c1ccc(OC)c(OC)c1. The number of aliphatic hydroxyl groups excluding tert-OH is 1. The molecule has 0 fully saturated rings. The zero-order valence-electron chi connectivity index (χ0n) is 20.4. The van der Waals surface area contributed by atoms with Crippen LogP contribution < -0.4 is 9.47 Å². The summed E-state index contributed by atoms with van der Waals surface area (Å²) in [5.41, 5.74) is 1.17. The molecule has 0 saturated heterocycles. The van der Waals surface area contributed by atoms with Crippen LogP contribution in [0.5, 0.6) is 11.5 Å². The second-order valence-electron chi connectivity index (χ2n) is 8.28. The van der Waals surface area contributed by atoms with Crippen LogP contribution in [0.2, 0.25) is 0 Å². The molecule has 2 aromatic carbocycles. The van der Waals surface area contributed by atoms with Crippen molar-refractivity contribution in [1.29, 1.82) is 0 Å². The molecule has 35 heavy (non-hydrogen) atoms. The maximum Gasteiger partial charge on any atom is 0.290 e. The molecule has 1 atom stereocenters. The normalized spacial score (nSPS) is 16.0. The fraction of sp³-hybridized carbons (Fsp3) is 0.333. The van der Waals surface area contributed by atoms with Gasteiger partial charge in [-0.1, -0.05) is 38.1 Å². The van der Waals surface area contributed by atoms with Gasteiger partial charge in [-0.2, -0.15) is 0 Å². The number of ketones is 1. The van der Waals surface area contributed by atoms with Crippen LogP contribution in [0.15, 0.2) is 64.3 Å². The van der Waals surface area contributed by atoms with Gasteiger partial charge in [-0.3, -0.25) is 9.59 Å². The van der Waals surface area contributed by atoms with Crippen molar-refractivity contribution in [3.8, 4) is 11.5 Å². The van der Waals surface area contributed by atoms with Gasteiger partial charge in [0, 0.05) is 18.5 Å². The maximum atomic E-state index is 13.7. The fourth-order valence-corrected chi connectivity index (χ4v) is 4.50. The second kappa shape index (κ2) is 10.2. The van der Waals surface area contributed by atoms with Gasteiger partial charge in [-0.05, 0) is 42.9 Å². The van der Waals surface area contributed by atoms with E-state index in [1.807, 2.05) is 32.0 Å². The number of rotatable bonds is 10. The van der Waals surface area contributed by atoms with Crippen LogP contribution in [0, 0.1) is 0 Å². The molecular formula is C27H30N2O6. The van der Waals surface area contributed by atoms with E-state index in [-0.39, 0.29) is 11.3 Å². The van der Waals surface area contributed by atoms with Gasteiger partial charge in [0.25, 0.3) is 5.91 Å². The van der Waals surface area contributed by atoms with E-state index in [2.05, 4.69) is 4.90 Å². The van der Waals surface area contributed by atoms with Crippen LogP contribution in [0.4, 0.5) is 0 Å². The van der Waals surface area contributed by atoms with Crippen LogP contribution in [0.1, 0.15) is 36.0 Å². The number of amides is 1. The highest BCUT2D eigenvalue weighted by Crippen LogP contribution is 2.42. The Labute approximate surface area is 204 Å². The summed E-state index contributed by atoms with van der Waals surface area (Å²) >= 11 is 0. The monoisotopic (exact) mass is 478 g/mol. The zero-order chi connectivity index (χ0) is 25.1. The number of para-hydroxylation sites is 1. The highest BCUT2D eigenvalue weighted by molar-refractivity contribution is 6.16. The smallest absolute Gasteiger partial charge is 0.290 e. The van der Waals surface area contributed by atoms with E-state index in [0.717, 1.165) is 18.5 Å². The lowest BCUT2D eigenvalue weighted by molar-refractivity contribution is -0.129. The number of hydrogen-bond donors (Lipinski definition) is 1. The molecule has 0 spiro atoms. The first kappa shape index (κ1) is 24.3. The maximum absolute atomic E-state index is 13.7. The lowest BCUT2D eigenvalue weighted by Gasteiger charge is -2.29. The quantitative estimate of drug-likeness (QED) is 0.433. The van der Waals surface area contributed by atoms with Gasteiger partial charge in [0.2, 0.25) is 5.78 Å². The van der Waals surface area contributed by atoms with Crippen molar-refractivity contribution >= 4 is 22.7 Å². The van der Waals surface area contributed by atoms with E-state index in [0.29, 0.717) is 35.7 Å². The molecule has 8 heteroatoms. The van der Waals surface area contributed by atoms with Crippen LogP contribution in [0.3, 0.4) is 0 Å². The minimum Gasteiger partial charge on any atom is -0.503 e. The van der Waals surface area contributed by atoms with E-state index in [1.165, 1.54) is 19.1 Å². The molecule has 2 heterocycles. The number of furan rings is 1. The molecular weight excluding hydrogens is 448 g/mol. The first-order valence-electron chi connectivity index (χ1n) is 11.6. The number of hydrogen-bond acceptors (Lipinski definition) is 7. The van der Waals surface area contributed by atoms with Crippen LogP contribution in [-0.2, 0) is 4.79 Å². The topological polar surface area (TPSA) is 92.5 Å². The molecule has 1 aromatic heterocycles. The van der Waals surface area contributed by atoms with E-state index < -0.39 is 23.5 Å². The number of Topliss-reactive ketones (excluding diaryl/α,β-unsaturated/α-hetero) is 1. The Kier molecular flexibility index (Phi) is 7.12. The number of likely N-dealkylation sites (N-methyl/N-ethyl adjacent to an activating group) is 1. The van der Waals surface area contributed by atoms with Gasteiger partial charge < -0.3 is 28.8 Å². The van der Waals surface area contributed by atoms with Crippen molar-refractivity contribution in [3.05, 3.63) is 71.2 Å². The highest BCUT2D eigenvalue weighted by atomic mass is 16.5. The largest absolute Gasteiger partial charge is 0.503 e. The Bertz CT molecular complexity index is 1240. The summed E-state index contributed by atoms with van der Waals surface area (Å²) in [6, 6.07) is 13.3. The Morgan fingerprint density at radius 2 is 1.77 bits per heavy atom. The van der Waals surface area contributed by atoms with Crippen molar-refractivity contribution < 1.29 is 28.6 Å². The minimum atomic E-state index is -0.807. The van der Waals surface area contributed by atoms with Gasteiger partial charge >= 0.3 is 0 Å². The molecule has 184 valence electrons. The Morgan fingerprint density at radius 1 is 1.06 bits per heavy atom. The van der Waals surface area contributed by atoms with Gasteiger partial charge in [0.05, 0.1) is 25.8 Å². The first-order valence-corrected chi connectivity index (χ1v) is 11.6. The lowest BCUT2D eigenvalue weighted by atomic mass is 9.94. The Balaban J connectivity index is 1.79. The molecule has 1 aliphatic heterocycles. The molecule has 8 nitrogen and oxygen atoms in total. The molecule has 1 amide bonds. The van der Waals surface area contributed by atoms with Crippen molar-refractivity contribution in [2.24, 2.45) is 0 Å². The van der Waals surface area contributed by atoms with Crippen LogP contribution in [-0.4, -0.2) is 67.0 Å².